The zero-order valence-electron chi connectivity index (χ0n) is 8.98. The molecule has 0 bridgehead atoms. The number of nitrogen functional groups attached to an aromatic ring is 1. The summed E-state index contributed by atoms with van der Waals surface area (Å²) < 4.78 is 13.6. The van der Waals surface area contributed by atoms with Crippen LogP contribution < -0.4 is 11.1 Å². The standard InChI is InChI=1S/C12H8BrCl2FN2/c13-7-4-6(16)5-9(15)11(7)18-12-8(14)2-1-3-10(12)17/h1-5,18H,17H2. The van der Waals surface area contributed by atoms with Crippen molar-refractivity contribution in [3.63, 3.8) is 0 Å². The first-order valence-corrected chi connectivity index (χ1v) is 6.49. The van der Waals surface area contributed by atoms with E-state index in [0.29, 0.717) is 26.6 Å². The van der Waals surface area contributed by atoms with Crippen LogP contribution in [0.15, 0.2) is 34.8 Å². The fourth-order valence-electron chi connectivity index (χ4n) is 1.46. The lowest BCUT2D eigenvalue weighted by Crippen LogP contribution is -1.98. The molecule has 0 aromatic heterocycles. The van der Waals surface area contributed by atoms with Crippen molar-refractivity contribution in [2.24, 2.45) is 0 Å². The average Bonchev–Trinajstić information content (AvgIpc) is 2.26. The Hall–Kier alpha value is -0.970. The van der Waals surface area contributed by atoms with Crippen LogP contribution in [0.5, 0.6) is 0 Å². The van der Waals surface area contributed by atoms with Crippen LogP contribution in [0.2, 0.25) is 10.0 Å². The first-order valence-electron chi connectivity index (χ1n) is 4.94. The van der Waals surface area contributed by atoms with E-state index in [0.717, 1.165) is 0 Å². The predicted octanol–water partition coefficient (Wildman–Crippen LogP) is 5.22. The predicted molar refractivity (Wildman–Crippen MR) is 78.3 cm³/mol. The van der Waals surface area contributed by atoms with Gasteiger partial charge in [0.1, 0.15) is 5.82 Å². The minimum atomic E-state index is -0.426. The van der Waals surface area contributed by atoms with Gasteiger partial charge in [-0.25, -0.2) is 4.39 Å². The molecule has 6 heteroatoms. The molecule has 0 saturated carbocycles. The van der Waals surface area contributed by atoms with Crippen molar-refractivity contribution in [1.82, 2.24) is 0 Å². The number of halogens is 4. The maximum atomic E-state index is 13.1. The maximum absolute atomic E-state index is 13.1. The van der Waals surface area contributed by atoms with Crippen LogP contribution in [0.1, 0.15) is 0 Å². The summed E-state index contributed by atoms with van der Waals surface area (Å²) in [5.41, 5.74) is 7.35. The van der Waals surface area contributed by atoms with Crippen LogP contribution in [0, 0.1) is 5.82 Å². The molecule has 2 nitrogen and oxygen atoms in total. The van der Waals surface area contributed by atoms with Crippen LogP contribution in [0.4, 0.5) is 21.5 Å². The number of para-hydroxylation sites is 1. The molecular formula is C12H8BrCl2FN2. The summed E-state index contributed by atoms with van der Waals surface area (Å²) in [7, 11) is 0. The Balaban J connectivity index is 2.47. The molecule has 0 aliphatic carbocycles. The van der Waals surface area contributed by atoms with E-state index in [2.05, 4.69) is 21.2 Å². The number of benzene rings is 2. The van der Waals surface area contributed by atoms with Crippen LogP contribution in [-0.2, 0) is 0 Å². The van der Waals surface area contributed by atoms with Crippen molar-refractivity contribution >= 4 is 56.2 Å². The Morgan fingerprint density at radius 2 is 1.83 bits per heavy atom. The third kappa shape index (κ3) is 2.71. The first kappa shape index (κ1) is 13.5. The number of anilines is 3. The largest absolute Gasteiger partial charge is 0.397 e. The summed E-state index contributed by atoms with van der Waals surface area (Å²) in [5.74, 6) is -0.426. The summed E-state index contributed by atoms with van der Waals surface area (Å²) in [5, 5.41) is 3.70. The third-order valence-corrected chi connectivity index (χ3v) is 3.54. The molecule has 0 saturated heterocycles. The smallest absolute Gasteiger partial charge is 0.125 e. The molecule has 0 atom stereocenters. The quantitative estimate of drug-likeness (QED) is 0.729. The molecule has 0 radical (unpaired) electrons. The van der Waals surface area contributed by atoms with Gasteiger partial charge in [-0.3, -0.25) is 0 Å². The Morgan fingerprint density at radius 3 is 2.44 bits per heavy atom. The lowest BCUT2D eigenvalue weighted by atomic mass is 10.2. The second kappa shape index (κ2) is 5.34. The van der Waals surface area contributed by atoms with Crippen molar-refractivity contribution < 1.29 is 4.39 Å². The van der Waals surface area contributed by atoms with Crippen molar-refractivity contribution in [1.29, 1.82) is 0 Å². The van der Waals surface area contributed by atoms with E-state index in [-0.39, 0.29) is 5.02 Å². The molecule has 18 heavy (non-hydrogen) atoms. The fraction of sp³-hybridized carbons (Fsp3) is 0. The molecular weight excluding hydrogens is 342 g/mol. The normalized spacial score (nSPS) is 10.4. The van der Waals surface area contributed by atoms with E-state index < -0.39 is 5.82 Å². The highest BCUT2D eigenvalue weighted by molar-refractivity contribution is 9.10. The Bertz CT molecular complexity index is 561. The number of hydrogen-bond acceptors (Lipinski definition) is 2. The Morgan fingerprint density at radius 1 is 1.11 bits per heavy atom. The number of nitrogens with two attached hydrogens (primary N) is 1. The summed E-state index contributed by atoms with van der Waals surface area (Å²) in [6.45, 7) is 0. The van der Waals surface area contributed by atoms with Gasteiger partial charge < -0.3 is 11.1 Å². The molecule has 0 unspecified atom stereocenters. The highest BCUT2D eigenvalue weighted by Gasteiger charge is 2.11. The monoisotopic (exact) mass is 348 g/mol. The van der Waals surface area contributed by atoms with Gasteiger partial charge in [0.15, 0.2) is 0 Å². The molecule has 2 aromatic rings. The van der Waals surface area contributed by atoms with Crippen molar-refractivity contribution in [3.8, 4) is 0 Å². The molecule has 0 fully saturated rings. The van der Waals surface area contributed by atoms with Crippen LogP contribution >= 0.6 is 39.1 Å². The van der Waals surface area contributed by atoms with E-state index in [1.165, 1.54) is 12.1 Å². The number of nitrogens with one attached hydrogen (secondary N) is 1. The Labute approximate surface area is 122 Å². The minimum absolute atomic E-state index is 0.237. The molecule has 2 aromatic carbocycles. The van der Waals surface area contributed by atoms with Gasteiger partial charge in [-0.1, -0.05) is 29.3 Å². The highest BCUT2D eigenvalue weighted by atomic mass is 79.9. The van der Waals surface area contributed by atoms with E-state index in [9.17, 15) is 4.39 Å². The topological polar surface area (TPSA) is 38.0 Å². The highest BCUT2D eigenvalue weighted by Crippen LogP contribution is 2.38. The zero-order valence-corrected chi connectivity index (χ0v) is 12.1. The van der Waals surface area contributed by atoms with Gasteiger partial charge in [0, 0.05) is 4.47 Å². The van der Waals surface area contributed by atoms with Crippen LogP contribution in [0.3, 0.4) is 0 Å². The zero-order chi connectivity index (χ0) is 13.3. The van der Waals surface area contributed by atoms with Crippen LogP contribution in [-0.4, -0.2) is 0 Å². The van der Waals surface area contributed by atoms with Crippen LogP contribution in [0.25, 0.3) is 0 Å². The fourth-order valence-corrected chi connectivity index (χ4v) is 2.59. The van der Waals surface area contributed by atoms with E-state index >= 15 is 0 Å². The van der Waals surface area contributed by atoms with E-state index in [1.807, 2.05) is 0 Å². The second-order valence-electron chi connectivity index (χ2n) is 3.57. The first-order chi connectivity index (χ1) is 8.49. The summed E-state index contributed by atoms with van der Waals surface area (Å²) in [6, 6.07) is 7.66. The van der Waals surface area contributed by atoms with Gasteiger partial charge >= 0.3 is 0 Å². The number of hydrogen-bond donors (Lipinski definition) is 2. The lowest BCUT2D eigenvalue weighted by Gasteiger charge is -2.14. The summed E-state index contributed by atoms with van der Waals surface area (Å²) in [4.78, 5) is 0. The second-order valence-corrected chi connectivity index (χ2v) is 5.24. The van der Waals surface area contributed by atoms with Gasteiger partial charge in [-0.15, -0.1) is 0 Å². The minimum Gasteiger partial charge on any atom is -0.397 e. The van der Waals surface area contributed by atoms with Crippen molar-refractivity contribution in [2.45, 2.75) is 0 Å². The molecule has 0 heterocycles. The summed E-state index contributed by atoms with van der Waals surface area (Å²) >= 11 is 15.2. The number of rotatable bonds is 2. The molecule has 0 amide bonds. The van der Waals surface area contributed by atoms with Gasteiger partial charge in [0.05, 0.1) is 27.1 Å². The third-order valence-electron chi connectivity index (χ3n) is 2.30. The maximum Gasteiger partial charge on any atom is 0.125 e. The lowest BCUT2D eigenvalue weighted by molar-refractivity contribution is 0.627. The summed E-state index contributed by atoms with van der Waals surface area (Å²) in [6.07, 6.45) is 0. The van der Waals surface area contributed by atoms with E-state index in [4.69, 9.17) is 28.9 Å². The van der Waals surface area contributed by atoms with Crippen molar-refractivity contribution in [3.05, 3.63) is 50.7 Å². The van der Waals surface area contributed by atoms with Gasteiger partial charge in [0.2, 0.25) is 0 Å². The van der Waals surface area contributed by atoms with Gasteiger partial charge in [-0.05, 0) is 40.2 Å². The van der Waals surface area contributed by atoms with Gasteiger partial charge in [0.25, 0.3) is 0 Å². The molecule has 3 N–H and O–H groups in total. The SMILES string of the molecule is Nc1cccc(Cl)c1Nc1c(Cl)cc(F)cc1Br. The molecule has 0 aliphatic rings. The van der Waals surface area contributed by atoms with Gasteiger partial charge in [-0.2, -0.15) is 0 Å². The Kier molecular flexibility index (Phi) is 4.00. The van der Waals surface area contributed by atoms with Crippen molar-refractivity contribution in [2.75, 3.05) is 11.1 Å². The molecule has 0 aliphatic heterocycles. The molecule has 2 rings (SSSR count). The average molecular weight is 350 g/mol. The molecule has 0 spiro atoms. The molecule has 94 valence electrons. The van der Waals surface area contributed by atoms with E-state index in [1.54, 1.807) is 18.2 Å².